The number of aromatic nitrogens is 6. The standard InChI is InChI=1S/C14H10F5N3O2S2.C13H7ClF5N3O2S2.C13H8F5N3O2S2/c1-8-5-6-11(25-8)13-21-22-14(24-13)20-12(23)9-3-2-4-10(7-9)26(15,16,17,18)19;14-10-5-4-9(25-10)12-21-22-13(24-12)20-11(23)7-2-1-3-8(6-7)26(15,16,17,18)19;14-25(15,16,17,18)9-4-1-3-8(7-9)11(22)19-13-21-20-12(23-13)10-5-2-6-24-10/h2-7H,1H3,(H,20,22,23);1-6H,(H,20,22,23);1-7H,(H,19,21,22). The molecule has 0 spiro atoms. The highest BCUT2D eigenvalue weighted by atomic mass is 35.5. The van der Waals surface area contributed by atoms with Gasteiger partial charge in [0.05, 0.1) is 19.0 Å². The van der Waals surface area contributed by atoms with Crippen LogP contribution in [0.5, 0.6) is 0 Å². The molecule has 3 aromatic carbocycles. The largest absolute Gasteiger partial charge is 0.402 e. The van der Waals surface area contributed by atoms with Gasteiger partial charge in [-0.15, -0.1) is 49.3 Å². The fraction of sp³-hybridized carbons (Fsp3) is 0.0250. The third-order valence-electron chi connectivity index (χ3n) is 9.03. The van der Waals surface area contributed by atoms with Gasteiger partial charge in [-0.3, -0.25) is 30.3 Å². The molecule has 0 saturated heterocycles. The van der Waals surface area contributed by atoms with Gasteiger partial charge >= 0.3 is 48.7 Å². The number of hydrogen-bond donors (Lipinski definition) is 3. The van der Waals surface area contributed by atoms with Crippen molar-refractivity contribution in [1.82, 2.24) is 30.6 Å². The lowest BCUT2D eigenvalue weighted by molar-refractivity contribution is 0.101. The van der Waals surface area contributed by atoms with E-state index in [9.17, 15) is 72.7 Å². The Labute approximate surface area is 436 Å². The molecule has 0 saturated carbocycles. The number of carbonyl (C=O) groups is 3. The first kappa shape index (κ1) is 57.6. The fourth-order valence-electron chi connectivity index (χ4n) is 5.64. The first-order chi connectivity index (χ1) is 35.0. The Bertz CT molecular complexity index is 3550. The summed E-state index contributed by atoms with van der Waals surface area (Å²) in [6.07, 6.45) is 0. The Kier molecular flexibility index (Phi) is 13.6. The predicted octanol–water partition coefficient (Wildman–Crippen LogP) is 18.1. The van der Waals surface area contributed by atoms with Crippen LogP contribution in [0, 0.1) is 6.92 Å². The summed E-state index contributed by atoms with van der Waals surface area (Å²) in [6, 6.07) is 14.8. The molecule has 6 heterocycles. The summed E-state index contributed by atoms with van der Waals surface area (Å²) in [6.45, 7) is 1.86. The van der Waals surface area contributed by atoms with Crippen LogP contribution < -0.4 is 16.0 Å². The summed E-state index contributed by atoms with van der Waals surface area (Å²) in [4.78, 5) is 32.2. The van der Waals surface area contributed by atoms with Gasteiger partial charge in [0.1, 0.15) is 14.7 Å². The van der Waals surface area contributed by atoms with Crippen molar-refractivity contribution >= 4 is 112 Å². The van der Waals surface area contributed by atoms with Crippen molar-refractivity contribution in [3.05, 3.63) is 140 Å². The number of carbonyl (C=O) groups excluding carboxylic acids is 3. The minimum absolute atomic E-state index is 0.0259. The van der Waals surface area contributed by atoms with Gasteiger partial charge in [0.25, 0.3) is 35.4 Å². The maximum Gasteiger partial charge on any atom is 0.322 e. The Morgan fingerprint density at radius 2 is 0.792 bits per heavy atom. The zero-order chi connectivity index (χ0) is 56.8. The van der Waals surface area contributed by atoms with E-state index in [0.717, 1.165) is 40.5 Å². The molecule has 0 atom stereocenters. The third-order valence-corrected chi connectivity index (χ3v) is 15.5. The zero-order valence-electron chi connectivity index (χ0n) is 37.1. The second-order valence-electron chi connectivity index (χ2n) is 15.1. The number of benzene rings is 3. The molecule has 0 fully saturated rings. The van der Waals surface area contributed by atoms with Gasteiger partial charge in [-0.05, 0) is 97.2 Å². The fourth-order valence-corrected chi connectivity index (χ4v) is 10.1. The minimum atomic E-state index is -9.89. The first-order valence-electron chi connectivity index (χ1n) is 19.9. The molecular weight excluding hydrogens is 1220 g/mol. The number of thiophene rings is 3. The van der Waals surface area contributed by atoms with Gasteiger partial charge < -0.3 is 13.3 Å². The first-order valence-corrected chi connectivity index (χ1v) is 28.6. The van der Waals surface area contributed by atoms with E-state index in [4.69, 9.17) is 24.9 Å². The van der Waals surface area contributed by atoms with Crippen LogP contribution in [-0.4, -0.2) is 48.3 Å². The van der Waals surface area contributed by atoms with Crippen LogP contribution in [0.2, 0.25) is 4.34 Å². The molecule has 15 nitrogen and oxygen atoms in total. The number of hydrogen-bond acceptors (Lipinski definition) is 15. The summed E-state index contributed by atoms with van der Waals surface area (Å²) in [7, 11) is -29.7. The van der Waals surface area contributed by atoms with E-state index in [1.165, 1.54) is 22.7 Å². The van der Waals surface area contributed by atoms with Gasteiger partial charge in [-0.2, -0.15) is 0 Å². The molecule has 0 radical (unpaired) electrons. The lowest BCUT2D eigenvalue weighted by Crippen LogP contribution is -2.14. The second kappa shape index (κ2) is 18.2. The number of rotatable bonds is 12. The molecule has 9 aromatic rings. The van der Waals surface area contributed by atoms with Crippen LogP contribution in [-0.2, 0) is 0 Å². The second-order valence-corrected chi connectivity index (χ2v) is 26.3. The van der Waals surface area contributed by atoms with E-state index < -0.39 is 85.8 Å². The van der Waals surface area contributed by atoms with E-state index in [1.54, 1.807) is 35.7 Å². The molecule has 3 N–H and O–H groups in total. The average Bonchev–Trinajstić information content (AvgIpc) is 4.18. The molecule has 77 heavy (non-hydrogen) atoms. The molecule has 0 bridgehead atoms. The predicted molar refractivity (Wildman–Crippen MR) is 260 cm³/mol. The van der Waals surface area contributed by atoms with Crippen molar-refractivity contribution in [2.45, 2.75) is 21.6 Å². The maximum absolute atomic E-state index is 12.8. The van der Waals surface area contributed by atoms with E-state index in [1.807, 2.05) is 13.0 Å². The topological polar surface area (TPSA) is 204 Å². The molecule has 9 rings (SSSR count). The number of nitrogens with zero attached hydrogens (tertiary/aromatic N) is 6. The van der Waals surface area contributed by atoms with Gasteiger partial charge in [0.2, 0.25) is 0 Å². The number of aryl methyl sites for hydroxylation is 1. The number of halogens is 16. The van der Waals surface area contributed by atoms with Crippen molar-refractivity contribution in [3.63, 3.8) is 0 Å². The van der Waals surface area contributed by atoms with Crippen LogP contribution in [0.15, 0.2) is 143 Å². The molecule has 37 heteroatoms. The van der Waals surface area contributed by atoms with Crippen molar-refractivity contribution < 1.29 is 85.9 Å². The van der Waals surface area contributed by atoms with Crippen LogP contribution in [0.3, 0.4) is 0 Å². The van der Waals surface area contributed by atoms with Crippen molar-refractivity contribution in [1.29, 1.82) is 0 Å². The monoisotopic (exact) mass is 1240 g/mol. The lowest BCUT2D eigenvalue weighted by Gasteiger charge is -2.40. The molecular formula is C40H25ClF15N9O6S6. The summed E-state index contributed by atoms with van der Waals surface area (Å²) in [5.74, 6) is -3.06. The number of anilines is 3. The third kappa shape index (κ3) is 15.5. The quantitative estimate of drug-likeness (QED) is 0.0978. The van der Waals surface area contributed by atoms with Crippen molar-refractivity contribution in [3.8, 4) is 32.3 Å². The van der Waals surface area contributed by atoms with Gasteiger partial charge in [-0.1, -0.05) is 109 Å². The zero-order valence-corrected chi connectivity index (χ0v) is 42.8. The summed E-state index contributed by atoms with van der Waals surface area (Å²) in [5, 5.41) is 29.6. The van der Waals surface area contributed by atoms with Crippen LogP contribution >= 0.6 is 76.3 Å². The van der Waals surface area contributed by atoms with Gasteiger partial charge in [-0.25, -0.2) is 0 Å². The van der Waals surface area contributed by atoms with Gasteiger partial charge in [0.15, 0.2) is 0 Å². The summed E-state index contributed by atoms with van der Waals surface area (Å²) >= 11 is 9.54. The molecule has 0 aliphatic heterocycles. The van der Waals surface area contributed by atoms with E-state index in [-0.39, 0.29) is 66.1 Å². The van der Waals surface area contributed by atoms with Gasteiger partial charge in [0, 0.05) is 21.6 Å². The normalized spacial score (nSPS) is 14.6. The number of nitrogens with one attached hydrogen (secondary N) is 3. The number of amides is 3. The smallest absolute Gasteiger partial charge is 0.322 e. The Hall–Kier alpha value is -7.12. The Morgan fingerprint density at radius 1 is 0.442 bits per heavy atom. The van der Waals surface area contributed by atoms with Crippen molar-refractivity contribution in [2.75, 3.05) is 16.0 Å². The van der Waals surface area contributed by atoms with Crippen LogP contribution in [0.4, 0.5) is 76.3 Å². The lowest BCUT2D eigenvalue weighted by atomic mass is 10.2. The molecule has 3 amide bonds. The van der Waals surface area contributed by atoms with Crippen molar-refractivity contribution in [2.24, 2.45) is 0 Å². The highest BCUT2D eigenvalue weighted by Gasteiger charge is 2.67. The van der Waals surface area contributed by atoms with E-state index in [0.29, 0.717) is 31.1 Å². The van der Waals surface area contributed by atoms with Crippen LogP contribution in [0.25, 0.3) is 32.3 Å². The SMILES string of the molecule is Cc1ccc(-c2nnc(NC(=O)c3cccc(S(F)(F)(F)(F)F)c3)o2)s1.O=C(Nc1nnc(-c2ccc(Cl)s2)o1)c1cccc(S(F)(F)(F)(F)F)c1.O=C(Nc1nnc(-c2cccs2)o1)c1cccc(S(F)(F)(F)(F)F)c1. The highest BCUT2D eigenvalue weighted by Crippen LogP contribution is 3.03. The Morgan fingerprint density at radius 3 is 1.09 bits per heavy atom. The molecule has 0 aliphatic carbocycles. The minimum Gasteiger partial charge on any atom is -0.402 e. The molecule has 0 aliphatic rings. The van der Waals surface area contributed by atoms with E-state index >= 15 is 0 Å². The maximum atomic E-state index is 12.8. The molecule has 6 aromatic heterocycles. The summed E-state index contributed by atoms with van der Waals surface area (Å²) < 4.78 is 208. The van der Waals surface area contributed by atoms with Crippen LogP contribution in [0.1, 0.15) is 36.0 Å². The van der Waals surface area contributed by atoms with E-state index in [2.05, 4.69) is 46.5 Å². The molecule has 414 valence electrons. The Balaban J connectivity index is 0.000000168. The average molecular weight is 1240 g/mol. The molecule has 0 unspecified atom stereocenters. The highest BCUT2D eigenvalue weighted by molar-refractivity contribution is 8.46. The summed E-state index contributed by atoms with van der Waals surface area (Å²) in [5.41, 5.74) is -1.89.